The Kier molecular flexibility index (Phi) is 5.67. The Balaban J connectivity index is 3.96. The average Bonchev–Trinajstić information content (AvgIpc) is 1.97. The van der Waals surface area contributed by atoms with E-state index in [1.54, 1.807) is 0 Å². The van der Waals surface area contributed by atoms with E-state index in [9.17, 15) is 9.59 Å². The summed E-state index contributed by atoms with van der Waals surface area (Å²) >= 11 is 0. The number of hydrogen-bond donors (Lipinski definition) is 0. The van der Waals surface area contributed by atoms with Crippen molar-refractivity contribution in [3.63, 3.8) is 0 Å². The molecule has 0 aliphatic rings. The van der Waals surface area contributed by atoms with Crippen LogP contribution in [0.1, 0.15) is 13.3 Å². The standard InChI is InChI=1S/C6H10Cl3GeNO2/c1-5(12)11(2)6(13)3-4-10(7,8)9/h3-4H2,1-2H3. The second-order valence-electron chi connectivity index (χ2n) is 2.59. The van der Waals surface area contributed by atoms with Crippen LogP contribution < -0.4 is 0 Å². The van der Waals surface area contributed by atoms with Gasteiger partial charge < -0.3 is 0 Å². The van der Waals surface area contributed by atoms with Crippen LogP contribution in [0.3, 0.4) is 0 Å². The van der Waals surface area contributed by atoms with Gasteiger partial charge in [0.15, 0.2) is 0 Å². The number of hydrogen-bond acceptors (Lipinski definition) is 2. The monoisotopic (exact) mass is 307 g/mol. The molecule has 0 N–H and O–H groups in total. The first-order chi connectivity index (χ1) is 5.74. The fourth-order valence-electron chi connectivity index (χ4n) is 0.592. The summed E-state index contributed by atoms with van der Waals surface area (Å²) in [4.78, 5) is 22.9. The fraction of sp³-hybridized carbons (Fsp3) is 0.667. The molecule has 7 heteroatoms. The topological polar surface area (TPSA) is 37.4 Å². The van der Waals surface area contributed by atoms with Gasteiger partial charge in [-0.05, 0) is 0 Å². The van der Waals surface area contributed by atoms with Gasteiger partial charge in [-0.2, -0.15) is 0 Å². The Morgan fingerprint density at radius 2 is 1.77 bits per heavy atom. The Morgan fingerprint density at radius 1 is 1.31 bits per heavy atom. The molecule has 0 radical (unpaired) electrons. The number of imide groups is 1. The molecule has 3 nitrogen and oxygen atoms in total. The van der Waals surface area contributed by atoms with Crippen molar-refractivity contribution in [2.24, 2.45) is 0 Å². The Morgan fingerprint density at radius 3 is 2.08 bits per heavy atom. The van der Waals surface area contributed by atoms with Gasteiger partial charge in [0.1, 0.15) is 0 Å². The van der Waals surface area contributed by atoms with Gasteiger partial charge in [-0.25, -0.2) is 0 Å². The molecule has 0 aliphatic carbocycles. The zero-order valence-electron chi connectivity index (χ0n) is 7.31. The van der Waals surface area contributed by atoms with E-state index in [0.717, 1.165) is 4.90 Å². The van der Waals surface area contributed by atoms with Crippen LogP contribution >= 0.6 is 30.0 Å². The van der Waals surface area contributed by atoms with E-state index in [4.69, 9.17) is 30.0 Å². The molecule has 0 bridgehead atoms. The predicted octanol–water partition coefficient (Wildman–Crippen LogP) is 2.04. The van der Waals surface area contributed by atoms with Crippen molar-refractivity contribution in [2.45, 2.75) is 18.6 Å². The van der Waals surface area contributed by atoms with E-state index in [1.807, 2.05) is 0 Å². The summed E-state index contributed by atoms with van der Waals surface area (Å²) in [5.74, 6) is -0.605. The number of amides is 2. The van der Waals surface area contributed by atoms with Crippen LogP contribution in [0, 0.1) is 0 Å². The van der Waals surface area contributed by atoms with Crippen LogP contribution in [0.2, 0.25) is 5.25 Å². The molecule has 0 heterocycles. The van der Waals surface area contributed by atoms with Gasteiger partial charge >= 0.3 is 92.5 Å². The quantitative estimate of drug-likeness (QED) is 0.748. The summed E-state index contributed by atoms with van der Waals surface area (Å²) in [6, 6.07) is 0. The summed E-state index contributed by atoms with van der Waals surface area (Å²) < 4.78 is 0. The molecule has 0 aromatic carbocycles. The molecule has 0 spiro atoms. The van der Waals surface area contributed by atoms with Gasteiger partial charge in [0.25, 0.3) is 0 Å². The van der Waals surface area contributed by atoms with E-state index in [2.05, 4.69) is 0 Å². The molecule has 2 amide bonds. The molecule has 0 aliphatic heterocycles. The minimum absolute atomic E-state index is 0.132. The maximum absolute atomic E-state index is 11.2. The van der Waals surface area contributed by atoms with E-state index in [0.29, 0.717) is 5.25 Å². The number of rotatable bonds is 3. The van der Waals surface area contributed by atoms with Crippen molar-refractivity contribution >= 4 is 52.3 Å². The van der Waals surface area contributed by atoms with E-state index < -0.39 is 10.5 Å². The van der Waals surface area contributed by atoms with Gasteiger partial charge in [-0.15, -0.1) is 0 Å². The molecule has 0 aromatic rings. The average molecular weight is 307 g/mol. The van der Waals surface area contributed by atoms with Crippen molar-refractivity contribution in [2.75, 3.05) is 7.05 Å². The first-order valence-electron chi connectivity index (χ1n) is 3.58. The molecular weight excluding hydrogens is 297 g/mol. The first kappa shape index (κ1) is 13.6. The third-order valence-corrected chi connectivity index (χ3v) is 6.13. The van der Waals surface area contributed by atoms with Crippen LogP contribution in [-0.4, -0.2) is 34.2 Å². The molecule has 0 unspecified atom stereocenters. The van der Waals surface area contributed by atoms with Gasteiger partial charge in [-0.3, -0.25) is 0 Å². The molecule has 0 fully saturated rings. The second kappa shape index (κ2) is 5.44. The molecular formula is C6H10Cl3GeNO2. The van der Waals surface area contributed by atoms with Crippen molar-refractivity contribution in [3.05, 3.63) is 0 Å². The van der Waals surface area contributed by atoms with Gasteiger partial charge in [0.05, 0.1) is 0 Å². The van der Waals surface area contributed by atoms with Crippen LogP contribution in [0.15, 0.2) is 0 Å². The Bertz CT molecular complexity index is 216. The summed E-state index contributed by atoms with van der Waals surface area (Å²) in [5, 5.41) is 0.293. The third-order valence-electron chi connectivity index (χ3n) is 1.47. The van der Waals surface area contributed by atoms with Gasteiger partial charge in [0.2, 0.25) is 0 Å². The summed E-state index contributed by atoms with van der Waals surface area (Å²) in [5.41, 5.74) is 0. The summed E-state index contributed by atoms with van der Waals surface area (Å²) in [7, 11) is 15.1. The number of carbonyl (C=O) groups excluding carboxylic acids is 2. The van der Waals surface area contributed by atoms with Crippen LogP contribution in [0.4, 0.5) is 0 Å². The fourth-order valence-corrected chi connectivity index (χ4v) is 3.11. The second-order valence-corrected chi connectivity index (χ2v) is 19.3. The van der Waals surface area contributed by atoms with Crippen molar-refractivity contribution in [1.29, 1.82) is 0 Å². The molecule has 0 atom stereocenters. The summed E-state index contributed by atoms with van der Waals surface area (Å²) in [6.07, 6.45) is 0.132. The van der Waals surface area contributed by atoms with E-state index in [1.165, 1.54) is 14.0 Å². The Labute approximate surface area is 92.2 Å². The molecule has 76 valence electrons. The number of halogens is 3. The zero-order chi connectivity index (χ0) is 10.6. The van der Waals surface area contributed by atoms with Gasteiger partial charge in [0, 0.05) is 0 Å². The molecule has 13 heavy (non-hydrogen) atoms. The predicted molar refractivity (Wildman–Crippen MR) is 56.2 cm³/mol. The minimum atomic E-state index is -3.20. The number of nitrogens with zero attached hydrogens (tertiary/aromatic N) is 1. The molecule has 0 saturated carbocycles. The van der Waals surface area contributed by atoms with Crippen LogP contribution in [-0.2, 0) is 9.59 Å². The first-order valence-corrected chi connectivity index (χ1v) is 13.3. The number of carbonyl (C=O) groups is 2. The molecule has 0 aromatic heterocycles. The summed E-state index contributed by atoms with van der Waals surface area (Å²) in [6.45, 7) is 1.31. The normalized spacial score (nSPS) is 11.2. The van der Waals surface area contributed by atoms with Crippen molar-refractivity contribution in [3.8, 4) is 0 Å². The van der Waals surface area contributed by atoms with Crippen LogP contribution in [0.5, 0.6) is 0 Å². The van der Waals surface area contributed by atoms with Gasteiger partial charge in [-0.1, -0.05) is 0 Å². The van der Waals surface area contributed by atoms with Crippen molar-refractivity contribution < 1.29 is 9.59 Å². The molecule has 0 saturated heterocycles. The van der Waals surface area contributed by atoms with E-state index in [-0.39, 0.29) is 18.2 Å². The zero-order valence-corrected chi connectivity index (χ0v) is 11.7. The van der Waals surface area contributed by atoms with E-state index >= 15 is 0 Å². The SMILES string of the molecule is CC(=O)N(C)C(=O)C[CH2][Ge]([Cl])([Cl])[Cl]. The molecule has 0 rings (SSSR count). The Hall–Kier alpha value is 0.553. The van der Waals surface area contributed by atoms with Crippen molar-refractivity contribution in [1.82, 2.24) is 4.90 Å². The third kappa shape index (κ3) is 6.60. The maximum atomic E-state index is 11.2. The van der Waals surface area contributed by atoms with Crippen LogP contribution in [0.25, 0.3) is 0 Å².